The minimum absolute atomic E-state index is 0.0467. The van der Waals surface area contributed by atoms with Gasteiger partial charge in [-0.1, -0.05) is 37.6 Å². The summed E-state index contributed by atoms with van der Waals surface area (Å²) in [7, 11) is 0. The molecule has 0 amide bonds. The monoisotopic (exact) mass is 496 g/mol. The molecule has 35 heavy (non-hydrogen) atoms. The maximum Gasteiger partial charge on any atom is 0.335 e. The topological polar surface area (TPSA) is 123 Å². The maximum atomic E-state index is 13.4. The highest BCUT2D eigenvalue weighted by Gasteiger charge is 2.17. The second-order valence-electron chi connectivity index (χ2n) is 8.39. The first-order valence-corrected chi connectivity index (χ1v) is 11.5. The number of aromatic nitrogens is 3. The molecule has 2 N–H and O–H groups in total. The van der Waals surface area contributed by atoms with E-state index in [2.05, 4.69) is 9.98 Å². The molecule has 0 spiro atoms. The highest BCUT2D eigenvalue weighted by molar-refractivity contribution is 6.30. The van der Waals surface area contributed by atoms with Crippen molar-refractivity contribution in [2.75, 3.05) is 0 Å². The number of aliphatic carboxylic acids is 1. The quantitative estimate of drug-likeness (QED) is 0.404. The molecule has 0 fully saturated rings. The van der Waals surface area contributed by atoms with E-state index in [-0.39, 0.29) is 18.7 Å². The number of aryl methyl sites for hydroxylation is 2. The molecule has 2 aromatic carbocycles. The van der Waals surface area contributed by atoms with Crippen LogP contribution in [0.3, 0.4) is 0 Å². The zero-order valence-corrected chi connectivity index (χ0v) is 20.3. The third-order valence-electron chi connectivity index (χ3n) is 5.89. The van der Waals surface area contributed by atoms with Gasteiger partial charge < -0.3 is 9.52 Å². The van der Waals surface area contributed by atoms with Gasteiger partial charge in [-0.25, -0.2) is 19.1 Å². The lowest BCUT2D eigenvalue weighted by molar-refractivity contribution is -0.141. The van der Waals surface area contributed by atoms with E-state index in [1.165, 1.54) is 11.5 Å². The molecule has 0 saturated heterocycles. The average Bonchev–Trinajstić information content (AvgIpc) is 3.15. The summed E-state index contributed by atoms with van der Waals surface area (Å²) in [5.74, 6) is -1.15. The van der Waals surface area contributed by atoms with E-state index >= 15 is 0 Å². The molecule has 0 unspecified atom stereocenters. The summed E-state index contributed by atoms with van der Waals surface area (Å²) >= 11 is 5.99. The van der Waals surface area contributed by atoms with E-state index in [1.807, 2.05) is 19.9 Å². The molecule has 182 valence electrons. The number of carbonyl (C=O) groups is 1. The molecule has 2 heterocycles. The highest BCUT2D eigenvalue weighted by Crippen LogP contribution is 2.29. The molecule has 0 aliphatic carbocycles. The van der Waals surface area contributed by atoms with Crippen molar-refractivity contribution in [2.24, 2.45) is 10.9 Å². The van der Waals surface area contributed by atoms with E-state index in [4.69, 9.17) is 16.0 Å². The summed E-state index contributed by atoms with van der Waals surface area (Å²) in [5.41, 5.74) is 1.68. The lowest BCUT2D eigenvalue weighted by Crippen LogP contribution is -2.51. The van der Waals surface area contributed by atoms with Crippen molar-refractivity contribution in [3.8, 4) is 0 Å². The van der Waals surface area contributed by atoms with Crippen LogP contribution in [0, 0.1) is 12.8 Å². The summed E-state index contributed by atoms with van der Waals surface area (Å²) in [5, 5.41) is 10.7. The fourth-order valence-corrected chi connectivity index (χ4v) is 3.98. The maximum absolute atomic E-state index is 13.4. The van der Waals surface area contributed by atoms with Crippen LogP contribution in [0.5, 0.6) is 0 Å². The molecule has 4 rings (SSSR count). The Labute approximate surface area is 204 Å². The molecule has 0 saturated carbocycles. The van der Waals surface area contributed by atoms with Crippen molar-refractivity contribution in [3.63, 3.8) is 0 Å². The van der Waals surface area contributed by atoms with Crippen LogP contribution in [-0.2, 0) is 24.3 Å². The summed E-state index contributed by atoms with van der Waals surface area (Å²) in [6, 6.07) is 12.3. The van der Waals surface area contributed by atoms with Gasteiger partial charge in [-0.3, -0.25) is 14.3 Å². The predicted molar refractivity (Wildman–Crippen MR) is 132 cm³/mol. The van der Waals surface area contributed by atoms with Gasteiger partial charge >= 0.3 is 17.3 Å². The molecule has 0 aliphatic rings. The Morgan fingerprint density at radius 1 is 1.17 bits per heavy atom. The van der Waals surface area contributed by atoms with Crippen molar-refractivity contribution in [1.82, 2.24) is 14.1 Å². The molecule has 4 aromatic rings. The zero-order chi connectivity index (χ0) is 25.3. The van der Waals surface area contributed by atoms with E-state index in [0.29, 0.717) is 10.7 Å². The Balaban J connectivity index is 1.90. The lowest BCUT2D eigenvalue weighted by atomic mass is 10.1. The Bertz CT molecular complexity index is 1590. The minimum atomic E-state index is -1.11. The number of aromatic amines is 1. The third-order valence-corrected chi connectivity index (χ3v) is 6.14. The Hall–Kier alpha value is -3.85. The number of nitrogens with zero attached hydrogens (tertiary/aromatic N) is 3. The largest absolute Gasteiger partial charge is 0.481 e. The standard InChI is InChI=1S/C25H25ClN4O5/c1-4-20-15(3)19-11-18(9-10-21(19)35-20)27-23-28-24(33)30(12-14(2)22(31)32)25(34)29(23)13-16-5-7-17(26)8-6-16/h5-11,14H,4,12-13H2,1-3H3,(H,31,32)(H,27,28,33)/t14-/m0/s1. The lowest BCUT2D eigenvalue weighted by Gasteiger charge is -2.13. The molecule has 0 radical (unpaired) electrons. The molecule has 10 heteroatoms. The first kappa shape index (κ1) is 24.3. The number of H-pyrrole nitrogens is 1. The van der Waals surface area contributed by atoms with Crippen LogP contribution in [0.2, 0.25) is 5.02 Å². The highest BCUT2D eigenvalue weighted by atomic mass is 35.5. The Morgan fingerprint density at radius 2 is 1.89 bits per heavy atom. The molecule has 1 atom stereocenters. The van der Waals surface area contributed by atoms with Crippen LogP contribution >= 0.6 is 11.6 Å². The van der Waals surface area contributed by atoms with Crippen molar-refractivity contribution in [3.05, 3.63) is 91.0 Å². The molecule has 2 aromatic heterocycles. The number of furan rings is 1. The van der Waals surface area contributed by atoms with Crippen LogP contribution < -0.4 is 17.0 Å². The van der Waals surface area contributed by atoms with Gasteiger partial charge in [-0.2, -0.15) is 0 Å². The number of hydrogen-bond donors (Lipinski definition) is 2. The van der Waals surface area contributed by atoms with Crippen LogP contribution in [0.1, 0.15) is 30.7 Å². The average molecular weight is 497 g/mol. The second-order valence-corrected chi connectivity index (χ2v) is 8.83. The fourth-order valence-electron chi connectivity index (χ4n) is 3.86. The van der Waals surface area contributed by atoms with Gasteiger partial charge in [-0.05, 0) is 48.4 Å². The number of carboxylic acids is 1. The number of halogens is 1. The van der Waals surface area contributed by atoms with E-state index in [9.17, 15) is 19.5 Å². The molecular weight excluding hydrogens is 472 g/mol. The number of fused-ring (bicyclic) bond motifs is 1. The zero-order valence-electron chi connectivity index (χ0n) is 19.5. The van der Waals surface area contributed by atoms with Gasteiger partial charge in [-0.15, -0.1) is 0 Å². The van der Waals surface area contributed by atoms with Crippen LogP contribution in [0.4, 0.5) is 5.69 Å². The van der Waals surface area contributed by atoms with Crippen LogP contribution in [0.15, 0.2) is 61.5 Å². The number of benzene rings is 2. The van der Waals surface area contributed by atoms with E-state index in [1.54, 1.807) is 36.4 Å². The van der Waals surface area contributed by atoms with Crippen molar-refractivity contribution in [2.45, 2.75) is 40.3 Å². The molecular formula is C25H25ClN4O5. The van der Waals surface area contributed by atoms with Gasteiger partial charge in [0.05, 0.1) is 18.2 Å². The molecule has 9 nitrogen and oxygen atoms in total. The summed E-state index contributed by atoms with van der Waals surface area (Å²) in [6.07, 6.45) is 0.758. The molecule has 0 bridgehead atoms. The van der Waals surface area contributed by atoms with E-state index in [0.717, 1.165) is 38.8 Å². The Kier molecular flexibility index (Phi) is 6.79. The smallest absolute Gasteiger partial charge is 0.335 e. The van der Waals surface area contributed by atoms with Gasteiger partial charge in [0, 0.05) is 23.4 Å². The van der Waals surface area contributed by atoms with Crippen molar-refractivity contribution in [1.29, 1.82) is 0 Å². The predicted octanol–water partition coefficient (Wildman–Crippen LogP) is 3.61. The van der Waals surface area contributed by atoms with Crippen LogP contribution in [-0.4, -0.2) is 25.2 Å². The number of rotatable bonds is 7. The molecule has 0 aliphatic heterocycles. The second kappa shape index (κ2) is 9.79. The normalized spacial score (nSPS) is 12.9. The minimum Gasteiger partial charge on any atom is -0.481 e. The van der Waals surface area contributed by atoms with Gasteiger partial charge in [0.2, 0.25) is 5.62 Å². The SMILES string of the molecule is CCc1oc2ccc(/N=c3\[nH]c(=O)n(C[C@H](C)C(=O)O)c(=O)n3Cc3ccc(Cl)cc3)cc2c1C. The van der Waals surface area contributed by atoms with Gasteiger partial charge in [0.15, 0.2) is 0 Å². The summed E-state index contributed by atoms with van der Waals surface area (Å²) in [4.78, 5) is 44.7. The van der Waals surface area contributed by atoms with Crippen LogP contribution in [0.25, 0.3) is 11.0 Å². The summed E-state index contributed by atoms with van der Waals surface area (Å²) in [6.45, 7) is 5.25. The number of hydrogen-bond acceptors (Lipinski definition) is 5. The fraction of sp³-hybridized carbons (Fsp3) is 0.280. The number of carboxylic acid groups (broad SMARTS) is 1. The van der Waals surface area contributed by atoms with Gasteiger partial charge in [0.1, 0.15) is 11.3 Å². The number of nitrogens with one attached hydrogen (secondary N) is 1. The van der Waals surface area contributed by atoms with Crippen molar-refractivity contribution < 1.29 is 14.3 Å². The van der Waals surface area contributed by atoms with Crippen molar-refractivity contribution >= 4 is 34.2 Å². The Morgan fingerprint density at radius 3 is 2.54 bits per heavy atom. The first-order valence-electron chi connectivity index (χ1n) is 11.2. The first-order chi connectivity index (χ1) is 16.7. The van der Waals surface area contributed by atoms with Gasteiger partial charge in [0.25, 0.3) is 0 Å². The summed E-state index contributed by atoms with van der Waals surface area (Å²) < 4.78 is 8.05. The van der Waals surface area contributed by atoms with E-state index < -0.39 is 23.3 Å². The third kappa shape index (κ3) is 5.00.